The summed E-state index contributed by atoms with van der Waals surface area (Å²) < 4.78 is 21.5. The Bertz CT molecular complexity index is 1510. The normalized spacial score (nSPS) is 11.2. The van der Waals surface area contributed by atoms with Crippen LogP contribution in [0.5, 0.6) is 0 Å². The summed E-state index contributed by atoms with van der Waals surface area (Å²) in [6.45, 7) is 0. The van der Waals surface area contributed by atoms with Gasteiger partial charge < -0.3 is 4.42 Å². The minimum Gasteiger partial charge on any atom is -0.440 e. The number of hydrogen-bond acceptors (Lipinski definition) is 4. The van der Waals surface area contributed by atoms with Crippen molar-refractivity contribution in [3.05, 3.63) is 110 Å². The Hall–Kier alpha value is -4.58. The van der Waals surface area contributed by atoms with E-state index in [1.165, 1.54) is 12.5 Å². The van der Waals surface area contributed by atoms with E-state index in [2.05, 4.69) is 51.6 Å². The van der Waals surface area contributed by atoms with E-state index in [1.807, 2.05) is 47.0 Å². The van der Waals surface area contributed by atoms with Crippen LogP contribution in [0.4, 0.5) is 4.39 Å². The number of oxazole rings is 1. The molecule has 2 heterocycles. The zero-order valence-electron chi connectivity index (χ0n) is 17.4. The summed E-state index contributed by atoms with van der Waals surface area (Å²) in [6, 6.07) is 29.6. The van der Waals surface area contributed by atoms with Gasteiger partial charge in [-0.2, -0.15) is 0 Å². The van der Waals surface area contributed by atoms with Crippen molar-refractivity contribution in [2.24, 2.45) is 0 Å². The van der Waals surface area contributed by atoms with Crippen molar-refractivity contribution in [1.82, 2.24) is 19.7 Å². The highest BCUT2D eigenvalue weighted by molar-refractivity contribution is 5.91. The van der Waals surface area contributed by atoms with E-state index in [-0.39, 0.29) is 5.58 Å². The fraction of sp³-hybridized carbons (Fsp3) is 0. The number of para-hydroxylation sites is 1. The molecule has 0 aliphatic rings. The topological polar surface area (TPSA) is 56.7 Å². The summed E-state index contributed by atoms with van der Waals surface area (Å²) in [6.07, 6.45) is 2.92. The molecule has 0 aliphatic heterocycles. The lowest BCUT2D eigenvalue weighted by Gasteiger charge is -2.18. The Kier molecular flexibility index (Phi) is 4.54. The van der Waals surface area contributed by atoms with Crippen LogP contribution in [-0.4, -0.2) is 19.7 Å². The zero-order chi connectivity index (χ0) is 22.2. The molecular weight excluding hydrogens is 415 g/mol. The fourth-order valence-electron chi connectivity index (χ4n) is 4.19. The van der Waals surface area contributed by atoms with Crippen LogP contribution in [0.2, 0.25) is 0 Å². The Morgan fingerprint density at radius 2 is 1.36 bits per heavy atom. The summed E-state index contributed by atoms with van der Waals surface area (Å²) in [5.41, 5.74) is 6.25. The van der Waals surface area contributed by atoms with Gasteiger partial charge in [0.1, 0.15) is 11.8 Å². The first-order valence-corrected chi connectivity index (χ1v) is 10.5. The van der Waals surface area contributed by atoms with Crippen LogP contribution in [0.25, 0.3) is 50.4 Å². The van der Waals surface area contributed by atoms with Crippen LogP contribution in [0.3, 0.4) is 0 Å². The van der Waals surface area contributed by atoms with Crippen molar-refractivity contribution in [3.63, 3.8) is 0 Å². The van der Waals surface area contributed by atoms with Gasteiger partial charge in [0.15, 0.2) is 23.6 Å². The molecule has 0 aliphatic carbocycles. The molecule has 6 heteroatoms. The molecule has 33 heavy (non-hydrogen) atoms. The van der Waals surface area contributed by atoms with Crippen molar-refractivity contribution < 1.29 is 8.81 Å². The lowest BCUT2D eigenvalue weighted by molar-refractivity contribution is 0.554. The molecular formula is C27H17FN4O. The van der Waals surface area contributed by atoms with Crippen molar-refractivity contribution >= 4 is 11.1 Å². The van der Waals surface area contributed by atoms with Crippen molar-refractivity contribution in [2.75, 3.05) is 0 Å². The molecule has 0 saturated carbocycles. The van der Waals surface area contributed by atoms with E-state index in [0.29, 0.717) is 16.9 Å². The molecule has 0 radical (unpaired) electrons. The molecule has 6 aromatic rings. The second-order valence-electron chi connectivity index (χ2n) is 7.58. The van der Waals surface area contributed by atoms with Gasteiger partial charge in [0.05, 0.1) is 5.69 Å². The van der Waals surface area contributed by atoms with Gasteiger partial charge >= 0.3 is 0 Å². The molecule has 4 aromatic carbocycles. The number of hydrogen-bond donors (Lipinski definition) is 0. The molecule has 0 bridgehead atoms. The van der Waals surface area contributed by atoms with Gasteiger partial charge in [-0.05, 0) is 23.3 Å². The maximum absolute atomic E-state index is 14.3. The van der Waals surface area contributed by atoms with Gasteiger partial charge in [-0.3, -0.25) is 4.57 Å². The Balaban J connectivity index is 1.66. The van der Waals surface area contributed by atoms with Crippen molar-refractivity contribution in [1.29, 1.82) is 0 Å². The number of benzene rings is 4. The molecule has 0 saturated heterocycles. The van der Waals surface area contributed by atoms with E-state index in [0.717, 1.165) is 27.9 Å². The quantitative estimate of drug-likeness (QED) is 0.317. The van der Waals surface area contributed by atoms with Crippen LogP contribution < -0.4 is 0 Å². The third kappa shape index (κ3) is 3.20. The predicted octanol–water partition coefficient (Wildman–Crippen LogP) is 6.55. The zero-order valence-corrected chi connectivity index (χ0v) is 17.4. The molecule has 5 nitrogen and oxygen atoms in total. The summed E-state index contributed by atoms with van der Waals surface area (Å²) in [5.74, 6) is 0.0847. The number of rotatable bonds is 4. The van der Waals surface area contributed by atoms with Crippen LogP contribution in [0.1, 0.15) is 0 Å². The predicted molar refractivity (Wildman–Crippen MR) is 125 cm³/mol. The van der Waals surface area contributed by atoms with Crippen molar-refractivity contribution in [3.8, 4) is 39.3 Å². The highest BCUT2D eigenvalue weighted by atomic mass is 19.1. The van der Waals surface area contributed by atoms with Gasteiger partial charge in [0, 0.05) is 16.7 Å². The Morgan fingerprint density at radius 3 is 2.03 bits per heavy atom. The monoisotopic (exact) mass is 432 g/mol. The van der Waals surface area contributed by atoms with E-state index in [4.69, 9.17) is 4.42 Å². The fourth-order valence-corrected chi connectivity index (χ4v) is 4.19. The number of aromatic nitrogens is 4. The average molecular weight is 432 g/mol. The molecule has 0 atom stereocenters. The first-order chi connectivity index (χ1) is 16.3. The molecule has 0 unspecified atom stereocenters. The van der Waals surface area contributed by atoms with Gasteiger partial charge in [0.2, 0.25) is 0 Å². The van der Waals surface area contributed by atoms with Crippen LogP contribution >= 0.6 is 0 Å². The lowest BCUT2D eigenvalue weighted by atomic mass is 9.95. The third-order valence-corrected chi connectivity index (χ3v) is 5.67. The second-order valence-corrected chi connectivity index (χ2v) is 7.58. The first-order valence-electron chi connectivity index (χ1n) is 10.5. The summed E-state index contributed by atoms with van der Waals surface area (Å²) in [5, 5.41) is 8.62. The molecule has 0 spiro atoms. The van der Waals surface area contributed by atoms with Crippen molar-refractivity contribution in [2.45, 2.75) is 0 Å². The smallest absolute Gasteiger partial charge is 0.190 e. The molecule has 158 valence electrons. The summed E-state index contributed by atoms with van der Waals surface area (Å²) in [7, 11) is 0. The molecule has 2 aromatic heterocycles. The second kappa shape index (κ2) is 7.84. The van der Waals surface area contributed by atoms with Gasteiger partial charge in [0.25, 0.3) is 0 Å². The van der Waals surface area contributed by atoms with Crippen LogP contribution in [-0.2, 0) is 0 Å². The van der Waals surface area contributed by atoms with E-state index in [9.17, 15) is 4.39 Å². The highest BCUT2D eigenvalue weighted by Gasteiger charge is 2.21. The minimum absolute atomic E-state index is 0.0988. The highest BCUT2D eigenvalue weighted by Crippen LogP contribution is 2.38. The summed E-state index contributed by atoms with van der Waals surface area (Å²) >= 11 is 0. The van der Waals surface area contributed by atoms with Gasteiger partial charge in [-0.1, -0.05) is 78.9 Å². The largest absolute Gasteiger partial charge is 0.440 e. The Morgan fingerprint density at radius 1 is 0.697 bits per heavy atom. The number of nitrogens with zero attached hydrogens (tertiary/aromatic N) is 4. The summed E-state index contributed by atoms with van der Waals surface area (Å²) in [4.78, 5) is 4.24. The maximum atomic E-state index is 14.3. The van der Waals surface area contributed by atoms with Crippen LogP contribution in [0, 0.1) is 5.82 Å². The number of halogens is 1. The number of fused-ring (bicyclic) bond motifs is 1. The average Bonchev–Trinajstić information content (AvgIpc) is 3.56. The minimum atomic E-state index is -0.466. The third-order valence-electron chi connectivity index (χ3n) is 5.67. The van der Waals surface area contributed by atoms with Gasteiger partial charge in [-0.15, -0.1) is 10.2 Å². The van der Waals surface area contributed by atoms with Crippen LogP contribution in [0.15, 0.2) is 108 Å². The van der Waals surface area contributed by atoms with E-state index in [1.54, 1.807) is 12.4 Å². The van der Waals surface area contributed by atoms with E-state index < -0.39 is 5.82 Å². The lowest BCUT2D eigenvalue weighted by Crippen LogP contribution is -2.02. The molecule has 0 fully saturated rings. The standard InChI is InChI=1S/C27H17FN4O/c28-23-15-14-22(24-26(23)33-17-29-24)27-31-30-16-32(27)25-20(18-8-3-1-4-9-18)12-7-13-21(25)19-10-5-2-6-11-19/h1-17H. The van der Waals surface area contributed by atoms with Gasteiger partial charge in [-0.25, -0.2) is 9.37 Å². The maximum Gasteiger partial charge on any atom is 0.190 e. The molecule has 0 N–H and O–H groups in total. The molecule has 6 rings (SSSR count). The molecule has 0 amide bonds. The van der Waals surface area contributed by atoms with E-state index >= 15 is 0 Å². The SMILES string of the molecule is Fc1ccc(-c2nncn2-c2c(-c3ccccc3)cccc2-c2ccccc2)c2ncoc12. The Labute approximate surface area is 188 Å². The first kappa shape index (κ1) is 19.1.